The zero-order valence-electron chi connectivity index (χ0n) is 8.11. The summed E-state index contributed by atoms with van der Waals surface area (Å²) in [4.78, 5) is 9.97. The topological polar surface area (TPSA) is 61.0 Å². The molecule has 14 heavy (non-hydrogen) atoms. The number of rotatable bonds is 4. The molecule has 0 aliphatic rings. The van der Waals surface area contributed by atoms with Crippen molar-refractivity contribution in [1.82, 2.24) is 9.78 Å². The van der Waals surface area contributed by atoms with Crippen molar-refractivity contribution in [3.8, 4) is 0 Å². The van der Waals surface area contributed by atoms with E-state index in [4.69, 9.17) is 0 Å². The molecule has 0 radical (unpaired) electrons. The van der Waals surface area contributed by atoms with Crippen molar-refractivity contribution in [3.05, 3.63) is 19.9 Å². The Labute approximate surface area is 95.8 Å². The Kier molecular flexibility index (Phi) is 3.85. The Bertz CT molecular complexity index is 335. The van der Waals surface area contributed by atoms with Gasteiger partial charge in [-0.05, 0) is 39.9 Å². The van der Waals surface area contributed by atoms with Crippen LogP contribution in [0.4, 0.5) is 5.82 Å². The Morgan fingerprint density at radius 2 is 2.36 bits per heavy atom. The zero-order valence-corrected chi connectivity index (χ0v) is 10.3. The molecule has 78 valence electrons. The highest BCUT2D eigenvalue weighted by Gasteiger charge is 2.15. The minimum atomic E-state index is -0.464. The summed E-state index contributed by atoms with van der Waals surface area (Å²) in [7, 11) is 0. The summed E-state index contributed by atoms with van der Waals surface area (Å²) in [5.74, 6) is 0.507. The molecule has 0 aliphatic heterocycles. The molecule has 0 fully saturated rings. The Balaban J connectivity index is 2.72. The first-order chi connectivity index (χ1) is 6.50. The van der Waals surface area contributed by atoms with Crippen molar-refractivity contribution in [1.29, 1.82) is 0 Å². The van der Waals surface area contributed by atoms with Gasteiger partial charge in [0.15, 0.2) is 0 Å². The Morgan fingerprint density at radius 1 is 1.71 bits per heavy atom. The summed E-state index contributed by atoms with van der Waals surface area (Å²) in [5.41, 5.74) is 0. The number of nitrogens with zero attached hydrogens (tertiary/aromatic N) is 3. The van der Waals surface area contributed by atoms with Gasteiger partial charge in [-0.1, -0.05) is 13.8 Å². The van der Waals surface area contributed by atoms with E-state index in [0.717, 1.165) is 16.7 Å². The van der Waals surface area contributed by atoms with E-state index in [1.165, 1.54) is 6.07 Å². The molecule has 0 spiro atoms. The highest BCUT2D eigenvalue weighted by molar-refractivity contribution is 14.1. The third-order valence-corrected chi connectivity index (χ3v) is 2.69. The van der Waals surface area contributed by atoms with Crippen LogP contribution in [0.3, 0.4) is 0 Å². The molecule has 1 rings (SSSR count). The molecule has 0 aromatic carbocycles. The molecule has 0 saturated carbocycles. The monoisotopic (exact) mass is 309 g/mol. The van der Waals surface area contributed by atoms with Crippen LogP contribution in [0.5, 0.6) is 0 Å². The normalized spacial score (nSPS) is 10.9. The van der Waals surface area contributed by atoms with Crippen molar-refractivity contribution in [2.45, 2.75) is 26.8 Å². The molecule has 1 heterocycles. The Hall–Kier alpha value is -0.660. The molecule has 1 aromatic rings. The van der Waals surface area contributed by atoms with E-state index in [9.17, 15) is 10.1 Å². The van der Waals surface area contributed by atoms with Gasteiger partial charge in [0.2, 0.25) is 0 Å². The molecule has 0 atom stereocenters. The largest absolute Gasteiger partial charge is 0.391 e. The maximum absolute atomic E-state index is 10.4. The number of aromatic nitrogens is 2. The standard InChI is InChI=1S/C8H12IN3O2/c1-6(2)3-4-11-7(9)5-8(10-11)12(13)14/h5-6H,3-4H2,1-2H3. The fraction of sp³-hybridized carbons (Fsp3) is 0.625. The van der Waals surface area contributed by atoms with Gasteiger partial charge in [0, 0.05) is 0 Å². The van der Waals surface area contributed by atoms with Gasteiger partial charge in [-0.25, -0.2) is 0 Å². The minimum Gasteiger partial charge on any atom is -0.358 e. The van der Waals surface area contributed by atoms with Gasteiger partial charge in [0.05, 0.1) is 17.7 Å². The van der Waals surface area contributed by atoms with E-state index < -0.39 is 4.92 Å². The number of halogens is 1. The summed E-state index contributed by atoms with van der Waals surface area (Å²) < 4.78 is 2.49. The van der Waals surface area contributed by atoms with Gasteiger partial charge in [0.1, 0.15) is 3.70 Å². The molecule has 0 N–H and O–H groups in total. The maximum Gasteiger partial charge on any atom is 0.391 e. The summed E-state index contributed by atoms with van der Waals surface area (Å²) in [6, 6.07) is 1.49. The van der Waals surface area contributed by atoms with Gasteiger partial charge in [-0.3, -0.25) is 0 Å². The lowest BCUT2D eigenvalue weighted by Gasteiger charge is -2.01. The van der Waals surface area contributed by atoms with Crippen LogP contribution < -0.4 is 0 Å². The summed E-state index contributed by atoms with van der Waals surface area (Å²) in [6.45, 7) is 4.97. The van der Waals surface area contributed by atoms with Crippen LogP contribution in [0.25, 0.3) is 0 Å². The number of hydrogen-bond acceptors (Lipinski definition) is 3. The molecule has 0 aliphatic carbocycles. The third-order valence-electron chi connectivity index (χ3n) is 1.82. The SMILES string of the molecule is CC(C)CCn1nc([N+](=O)[O-])cc1I. The molecule has 0 unspecified atom stereocenters. The summed E-state index contributed by atoms with van der Waals surface area (Å²) in [6.07, 6.45) is 0.981. The average Bonchev–Trinajstić information content (AvgIpc) is 2.43. The van der Waals surface area contributed by atoms with E-state index in [1.807, 2.05) is 0 Å². The predicted octanol–water partition coefficient (Wildman–Crippen LogP) is 2.44. The molecule has 0 saturated heterocycles. The highest BCUT2D eigenvalue weighted by atomic mass is 127. The quantitative estimate of drug-likeness (QED) is 0.487. The smallest absolute Gasteiger partial charge is 0.358 e. The van der Waals surface area contributed by atoms with Crippen molar-refractivity contribution < 1.29 is 4.92 Å². The lowest BCUT2D eigenvalue weighted by Crippen LogP contribution is -2.05. The van der Waals surface area contributed by atoms with Gasteiger partial charge < -0.3 is 10.1 Å². The van der Waals surface area contributed by atoms with E-state index in [1.54, 1.807) is 4.68 Å². The van der Waals surface area contributed by atoms with Crippen LogP contribution in [0.2, 0.25) is 0 Å². The van der Waals surface area contributed by atoms with E-state index in [2.05, 4.69) is 41.5 Å². The lowest BCUT2D eigenvalue weighted by atomic mass is 10.1. The second kappa shape index (κ2) is 4.72. The molecule has 0 amide bonds. The highest BCUT2D eigenvalue weighted by Crippen LogP contribution is 2.15. The van der Waals surface area contributed by atoms with E-state index >= 15 is 0 Å². The molecular weight excluding hydrogens is 297 g/mol. The second-order valence-electron chi connectivity index (χ2n) is 3.49. The van der Waals surface area contributed by atoms with Crippen LogP contribution in [0.1, 0.15) is 20.3 Å². The molecule has 5 nitrogen and oxygen atoms in total. The van der Waals surface area contributed by atoms with Crippen LogP contribution in [0.15, 0.2) is 6.07 Å². The van der Waals surface area contributed by atoms with Crippen LogP contribution in [-0.4, -0.2) is 14.7 Å². The summed E-state index contributed by atoms with van der Waals surface area (Å²) >= 11 is 2.06. The first-order valence-electron chi connectivity index (χ1n) is 4.38. The molecule has 1 aromatic heterocycles. The number of nitro groups is 1. The van der Waals surface area contributed by atoms with E-state index in [0.29, 0.717) is 5.92 Å². The van der Waals surface area contributed by atoms with Gasteiger partial charge in [-0.2, -0.15) is 4.68 Å². The maximum atomic E-state index is 10.4. The van der Waals surface area contributed by atoms with Gasteiger partial charge >= 0.3 is 5.82 Å². The Morgan fingerprint density at radius 3 is 2.79 bits per heavy atom. The van der Waals surface area contributed by atoms with Crippen LogP contribution in [-0.2, 0) is 6.54 Å². The van der Waals surface area contributed by atoms with Gasteiger partial charge in [-0.15, -0.1) is 0 Å². The van der Waals surface area contributed by atoms with E-state index in [-0.39, 0.29) is 5.82 Å². The molecule has 0 bridgehead atoms. The lowest BCUT2D eigenvalue weighted by molar-refractivity contribution is -0.389. The molecular formula is C8H12IN3O2. The van der Waals surface area contributed by atoms with Crippen LogP contribution >= 0.6 is 22.6 Å². The first kappa shape index (κ1) is 11.4. The fourth-order valence-electron chi connectivity index (χ4n) is 1.01. The van der Waals surface area contributed by atoms with Crippen molar-refractivity contribution in [3.63, 3.8) is 0 Å². The number of aryl methyl sites for hydroxylation is 1. The zero-order chi connectivity index (χ0) is 10.7. The fourth-order valence-corrected chi connectivity index (χ4v) is 1.64. The van der Waals surface area contributed by atoms with Crippen molar-refractivity contribution >= 4 is 28.4 Å². The second-order valence-corrected chi connectivity index (χ2v) is 4.59. The average molecular weight is 309 g/mol. The minimum absolute atomic E-state index is 0.0712. The van der Waals surface area contributed by atoms with Crippen LogP contribution in [0, 0.1) is 19.7 Å². The predicted molar refractivity (Wildman–Crippen MR) is 61.1 cm³/mol. The number of hydrogen-bond donors (Lipinski definition) is 0. The molecule has 6 heteroatoms. The van der Waals surface area contributed by atoms with Crippen molar-refractivity contribution in [2.75, 3.05) is 0 Å². The third kappa shape index (κ3) is 2.93. The first-order valence-corrected chi connectivity index (χ1v) is 5.46. The van der Waals surface area contributed by atoms with Gasteiger partial charge in [0.25, 0.3) is 0 Å². The summed E-state index contributed by atoms with van der Waals surface area (Å²) in [5, 5.41) is 14.3. The van der Waals surface area contributed by atoms with Crippen molar-refractivity contribution in [2.24, 2.45) is 5.92 Å².